The van der Waals surface area contributed by atoms with Crippen molar-refractivity contribution in [3.63, 3.8) is 0 Å². The summed E-state index contributed by atoms with van der Waals surface area (Å²) >= 11 is 5.90. The number of amides is 1. The van der Waals surface area contributed by atoms with Gasteiger partial charge < -0.3 is 15.0 Å². The van der Waals surface area contributed by atoms with Crippen LogP contribution in [0.5, 0.6) is 0 Å². The summed E-state index contributed by atoms with van der Waals surface area (Å²) in [6, 6.07) is 7.68. The zero-order valence-corrected chi connectivity index (χ0v) is 12.8. The number of rotatable bonds is 3. The van der Waals surface area contributed by atoms with E-state index in [0.717, 1.165) is 23.7 Å². The maximum Gasteiger partial charge on any atom is 0.248 e. The Morgan fingerprint density at radius 1 is 1.33 bits per heavy atom. The van der Waals surface area contributed by atoms with E-state index in [9.17, 15) is 4.79 Å². The maximum atomic E-state index is 12.1. The first-order chi connectivity index (χ1) is 10.2. The van der Waals surface area contributed by atoms with Gasteiger partial charge in [0.1, 0.15) is 6.61 Å². The molecule has 0 bridgehead atoms. The van der Waals surface area contributed by atoms with Gasteiger partial charge in [-0.25, -0.2) is 0 Å². The number of hydrogen-bond donors (Lipinski definition) is 1. The highest BCUT2D eigenvalue weighted by atomic mass is 35.5. The molecular formula is C16H21ClN2O2. The summed E-state index contributed by atoms with van der Waals surface area (Å²) in [7, 11) is 0. The molecule has 21 heavy (non-hydrogen) atoms. The average Bonchev–Trinajstić information content (AvgIpc) is 2.52. The number of halogens is 1. The van der Waals surface area contributed by atoms with E-state index in [-0.39, 0.29) is 18.6 Å². The molecule has 0 aromatic heterocycles. The molecule has 1 amide bonds. The largest absolute Gasteiger partial charge is 0.366 e. The highest BCUT2D eigenvalue weighted by Gasteiger charge is 2.32. The smallest absolute Gasteiger partial charge is 0.248 e. The van der Waals surface area contributed by atoms with Crippen LogP contribution in [-0.4, -0.2) is 43.2 Å². The number of benzene rings is 1. The van der Waals surface area contributed by atoms with Crippen LogP contribution in [0.15, 0.2) is 24.3 Å². The molecule has 1 N–H and O–H groups in total. The average molecular weight is 309 g/mol. The number of nitrogens with zero attached hydrogens (tertiary/aromatic N) is 1. The summed E-state index contributed by atoms with van der Waals surface area (Å²) in [6.45, 7) is 3.61. The van der Waals surface area contributed by atoms with Crippen LogP contribution in [0.25, 0.3) is 0 Å². The quantitative estimate of drug-likeness (QED) is 0.929. The second-order valence-electron chi connectivity index (χ2n) is 5.86. The zero-order valence-electron chi connectivity index (χ0n) is 12.1. The van der Waals surface area contributed by atoms with E-state index in [1.165, 1.54) is 12.8 Å². The van der Waals surface area contributed by atoms with E-state index in [1.54, 1.807) is 0 Å². The second-order valence-corrected chi connectivity index (χ2v) is 6.29. The van der Waals surface area contributed by atoms with Gasteiger partial charge in [-0.05, 0) is 43.0 Å². The fourth-order valence-electron chi connectivity index (χ4n) is 3.09. The van der Waals surface area contributed by atoms with Crippen LogP contribution in [0.4, 0.5) is 0 Å². The molecule has 2 unspecified atom stereocenters. The van der Waals surface area contributed by atoms with Crippen molar-refractivity contribution in [2.24, 2.45) is 5.92 Å². The number of hydrogen-bond acceptors (Lipinski definition) is 3. The number of morpholine rings is 1. The maximum absolute atomic E-state index is 12.1. The number of carbonyl (C=O) groups is 1. The van der Waals surface area contributed by atoms with Crippen molar-refractivity contribution < 1.29 is 9.53 Å². The zero-order chi connectivity index (χ0) is 14.7. The molecule has 0 spiro atoms. The van der Waals surface area contributed by atoms with Crippen LogP contribution in [0.3, 0.4) is 0 Å². The summed E-state index contributed by atoms with van der Waals surface area (Å²) in [5.41, 5.74) is 1.11. The van der Waals surface area contributed by atoms with Crippen molar-refractivity contribution in [1.82, 2.24) is 10.2 Å². The molecule has 2 heterocycles. The molecule has 1 aromatic rings. The number of carbonyl (C=O) groups excluding carboxylic acids is 1. The molecule has 1 aromatic carbocycles. The summed E-state index contributed by atoms with van der Waals surface area (Å²) in [5.74, 6) is 0.588. The standard InChI is InChI=1S/C16H21ClN2O2/c17-14-5-3-12(4-6-14)9-19-10-15(21-11-16(19)20)13-2-1-7-18-8-13/h3-6,13,15,18H,1-2,7-11H2. The predicted octanol–water partition coefficient (Wildman–Crippen LogP) is 2.07. The first kappa shape index (κ1) is 14.8. The van der Waals surface area contributed by atoms with Crippen molar-refractivity contribution in [1.29, 1.82) is 0 Å². The van der Waals surface area contributed by atoms with E-state index in [4.69, 9.17) is 16.3 Å². The normalized spacial score (nSPS) is 26.9. The molecule has 3 rings (SSSR count). The monoisotopic (exact) mass is 308 g/mol. The fraction of sp³-hybridized carbons (Fsp3) is 0.562. The van der Waals surface area contributed by atoms with Gasteiger partial charge >= 0.3 is 0 Å². The molecule has 2 aliphatic heterocycles. The molecule has 114 valence electrons. The van der Waals surface area contributed by atoms with Gasteiger partial charge in [-0.1, -0.05) is 23.7 Å². The van der Waals surface area contributed by atoms with E-state index >= 15 is 0 Å². The Kier molecular flexibility index (Phi) is 4.78. The van der Waals surface area contributed by atoms with Gasteiger partial charge in [-0.15, -0.1) is 0 Å². The van der Waals surface area contributed by atoms with Gasteiger partial charge in [0.05, 0.1) is 6.10 Å². The minimum absolute atomic E-state index is 0.0740. The lowest BCUT2D eigenvalue weighted by atomic mass is 9.92. The van der Waals surface area contributed by atoms with Gasteiger partial charge in [0.15, 0.2) is 0 Å². The third kappa shape index (κ3) is 3.76. The van der Waals surface area contributed by atoms with E-state index in [1.807, 2.05) is 29.2 Å². The Morgan fingerprint density at radius 2 is 2.14 bits per heavy atom. The number of piperidine rings is 1. The SMILES string of the molecule is O=C1COC(C2CCCNC2)CN1Cc1ccc(Cl)cc1. The van der Waals surface area contributed by atoms with Crippen molar-refractivity contribution >= 4 is 17.5 Å². The molecule has 4 nitrogen and oxygen atoms in total. The Bertz CT molecular complexity index is 486. The lowest BCUT2D eigenvalue weighted by Crippen LogP contribution is -2.51. The Morgan fingerprint density at radius 3 is 2.86 bits per heavy atom. The third-order valence-electron chi connectivity index (χ3n) is 4.32. The van der Waals surface area contributed by atoms with E-state index in [0.29, 0.717) is 19.0 Å². The molecule has 2 fully saturated rings. The molecule has 0 saturated carbocycles. The summed E-state index contributed by atoms with van der Waals surface area (Å²) in [6.07, 6.45) is 2.53. The van der Waals surface area contributed by atoms with Gasteiger partial charge in [-0.3, -0.25) is 4.79 Å². The van der Waals surface area contributed by atoms with Crippen LogP contribution in [0.1, 0.15) is 18.4 Å². The fourth-order valence-corrected chi connectivity index (χ4v) is 3.21. The number of ether oxygens (including phenoxy) is 1. The molecule has 0 aliphatic carbocycles. The Balaban J connectivity index is 1.62. The predicted molar refractivity (Wildman–Crippen MR) is 82.2 cm³/mol. The van der Waals surface area contributed by atoms with Crippen LogP contribution in [-0.2, 0) is 16.1 Å². The topological polar surface area (TPSA) is 41.6 Å². The first-order valence-electron chi connectivity index (χ1n) is 7.57. The van der Waals surface area contributed by atoms with Crippen LogP contribution >= 0.6 is 11.6 Å². The first-order valence-corrected chi connectivity index (χ1v) is 7.95. The highest BCUT2D eigenvalue weighted by molar-refractivity contribution is 6.30. The third-order valence-corrected chi connectivity index (χ3v) is 4.57. The molecular weight excluding hydrogens is 288 g/mol. The molecule has 0 radical (unpaired) electrons. The minimum Gasteiger partial charge on any atom is -0.366 e. The molecule has 2 aliphatic rings. The van der Waals surface area contributed by atoms with Crippen molar-refractivity contribution in [3.8, 4) is 0 Å². The second kappa shape index (κ2) is 6.77. The van der Waals surface area contributed by atoms with Gasteiger partial charge in [0.25, 0.3) is 0 Å². The summed E-state index contributed by atoms with van der Waals surface area (Å²) in [4.78, 5) is 14.0. The Labute approximate surface area is 130 Å². The van der Waals surface area contributed by atoms with Crippen molar-refractivity contribution in [3.05, 3.63) is 34.9 Å². The lowest BCUT2D eigenvalue weighted by Gasteiger charge is -2.38. The summed E-state index contributed by atoms with van der Waals surface area (Å²) < 4.78 is 5.76. The van der Waals surface area contributed by atoms with Crippen LogP contribution in [0.2, 0.25) is 5.02 Å². The van der Waals surface area contributed by atoms with Gasteiger partial charge in [-0.2, -0.15) is 0 Å². The van der Waals surface area contributed by atoms with Crippen LogP contribution in [0, 0.1) is 5.92 Å². The summed E-state index contributed by atoms with van der Waals surface area (Å²) in [5, 5.41) is 4.14. The molecule has 2 saturated heterocycles. The van der Waals surface area contributed by atoms with Gasteiger partial charge in [0, 0.05) is 24.7 Å². The number of nitrogens with one attached hydrogen (secondary N) is 1. The van der Waals surface area contributed by atoms with Gasteiger partial charge in [0.2, 0.25) is 5.91 Å². The minimum atomic E-state index is 0.0740. The van der Waals surface area contributed by atoms with Crippen molar-refractivity contribution in [2.75, 3.05) is 26.2 Å². The van der Waals surface area contributed by atoms with E-state index < -0.39 is 0 Å². The molecule has 5 heteroatoms. The highest BCUT2D eigenvalue weighted by Crippen LogP contribution is 2.22. The van der Waals surface area contributed by atoms with Crippen LogP contribution < -0.4 is 5.32 Å². The Hall–Kier alpha value is -1.10. The molecule has 2 atom stereocenters. The van der Waals surface area contributed by atoms with Crippen molar-refractivity contribution in [2.45, 2.75) is 25.5 Å². The van der Waals surface area contributed by atoms with E-state index in [2.05, 4.69) is 5.32 Å². The lowest BCUT2D eigenvalue weighted by molar-refractivity contribution is -0.153.